The number of hydrogen-bond donors (Lipinski definition) is 1. The maximum atomic E-state index is 13.5. The molecule has 17 heavy (non-hydrogen) atoms. The Kier molecular flexibility index (Phi) is 4.64. The Morgan fingerprint density at radius 2 is 2.06 bits per heavy atom. The lowest BCUT2D eigenvalue weighted by Crippen LogP contribution is -2.13. The SMILES string of the molecule is CS(=O)(=O)CCS(=O)Cc1cccc(N)c1F. The van der Waals surface area contributed by atoms with E-state index in [0.717, 1.165) is 6.26 Å². The Hall–Kier alpha value is -0.950. The summed E-state index contributed by atoms with van der Waals surface area (Å²) < 4.78 is 46.8. The van der Waals surface area contributed by atoms with Crippen molar-refractivity contribution in [2.75, 3.05) is 23.5 Å². The topological polar surface area (TPSA) is 77.2 Å². The van der Waals surface area contributed by atoms with Gasteiger partial charge in [0.15, 0.2) is 0 Å². The molecule has 0 amide bonds. The Morgan fingerprint density at radius 3 is 2.65 bits per heavy atom. The van der Waals surface area contributed by atoms with Gasteiger partial charge in [0.2, 0.25) is 0 Å². The second kappa shape index (κ2) is 5.59. The van der Waals surface area contributed by atoms with Gasteiger partial charge in [-0.3, -0.25) is 4.21 Å². The third-order valence-electron chi connectivity index (χ3n) is 2.11. The van der Waals surface area contributed by atoms with E-state index in [1.165, 1.54) is 12.1 Å². The minimum absolute atomic E-state index is 0.00242. The molecule has 0 saturated heterocycles. The van der Waals surface area contributed by atoms with Gasteiger partial charge in [-0.2, -0.15) is 0 Å². The van der Waals surface area contributed by atoms with E-state index in [4.69, 9.17) is 5.73 Å². The lowest BCUT2D eigenvalue weighted by atomic mass is 10.2. The van der Waals surface area contributed by atoms with Crippen molar-refractivity contribution >= 4 is 26.3 Å². The molecule has 0 bridgehead atoms. The molecule has 0 radical (unpaired) electrons. The standard InChI is InChI=1S/C10H14FNO3S2/c1-17(14,15)6-5-16(13)7-8-3-2-4-9(12)10(8)11/h2-4H,5-7,12H2,1H3. The number of nitrogens with two attached hydrogens (primary N) is 1. The van der Waals surface area contributed by atoms with E-state index >= 15 is 0 Å². The number of halogens is 1. The Labute approximate surface area is 102 Å². The fraction of sp³-hybridized carbons (Fsp3) is 0.400. The minimum Gasteiger partial charge on any atom is -0.396 e. The first-order chi connectivity index (χ1) is 7.79. The average molecular weight is 279 g/mol. The summed E-state index contributed by atoms with van der Waals surface area (Å²) in [6, 6.07) is 4.48. The van der Waals surface area contributed by atoms with E-state index in [1.54, 1.807) is 6.07 Å². The number of sulfone groups is 1. The van der Waals surface area contributed by atoms with E-state index < -0.39 is 26.5 Å². The molecule has 0 saturated carbocycles. The van der Waals surface area contributed by atoms with E-state index in [-0.39, 0.29) is 28.5 Å². The summed E-state index contributed by atoms with van der Waals surface area (Å²) in [5.41, 5.74) is 5.62. The molecule has 0 aliphatic rings. The first-order valence-electron chi connectivity index (χ1n) is 4.85. The molecule has 2 N–H and O–H groups in total. The summed E-state index contributed by atoms with van der Waals surface area (Å²) in [5, 5.41) is 0. The third-order valence-corrected chi connectivity index (χ3v) is 4.60. The van der Waals surface area contributed by atoms with Crippen molar-refractivity contribution in [2.45, 2.75) is 5.75 Å². The van der Waals surface area contributed by atoms with Crippen molar-refractivity contribution in [1.29, 1.82) is 0 Å². The Bertz CT molecular complexity index is 528. The van der Waals surface area contributed by atoms with Gasteiger partial charge >= 0.3 is 0 Å². The molecular formula is C10H14FNO3S2. The van der Waals surface area contributed by atoms with Crippen LogP contribution in [0, 0.1) is 5.82 Å². The molecule has 1 atom stereocenters. The van der Waals surface area contributed by atoms with Crippen LogP contribution in [0.3, 0.4) is 0 Å². The second-order valence-electron chi connectivity index (χ2n) is 3.74. The lowest BCUT2D eigenvalue weighted by Gasteiger charge is -2.05. The monoisotopic (exact) mass is 279 g/mol. The lowest BCUT2D eigenvalue weighted by molar-refractivity contribution is 0.602. The van der Waals surface area contributed by atoms with Crippen LogP contribution in [0.4, 0.5) is 10.1 Å². The normalized spacial score (nSPS) is 13.5. The predicted molar refractivity (Wildman–Crippen MR) is 67.2 cm³/mol. The van der Waals surface area contributed by atoms with Crippen LogP contribution in [0.5, 0.6) is 0 Å². The second-order valence-corrected chi connectivity index (χ2v) is 7.57. The Morgan fingerprint density at radius 1 is 1.41 bits per heavy atom. The minimum atomic E-state index is -3.14. The molecule has 4 nitrogen and oxygen atoms in total. The zero-order valence-corrected chi connectivity index (χ0v) is 11.0. The fourth-order valence-corrected chi connectivity index (χ4v) is 3.87. The van der Waals surface area contributed by atoms with Gasteiger partial charge in [-0.25, -0.2) is 12.8 Å². The molecule has 1 rings (SSSR count). The zero-order chi connectivity index (χ0) is 13.1. The third kappa shape index (κ3) is 4.82. The van der Waals surface area contributed by atoms with Crippen LogP contribution in [0.15, 0.2) is 18.2 Å². The zero-order valence-electron chi connectivity index (χ0n) is 9.35. The predicted octanol–water partition coefficient (Wildman–Crippen LogP) is 0.701. The number of anilines is 1. The van der Waals surface area contributed by atoms with Crippen LogP contribution in [0.25, 0.3) is 0 Å². The van der Waals surface area contributed by atoms with Crippen LogP contribution >= 0.6 is 0 Å². The van der Waals surface area contributed by atoms with Crippen molar-refractivity contribution < 1.29 is 17.0 Å². The molecule has 1 unspecified atom stereocenters. The van der Waals surface area contributed by atoms with Crippen molar-refractivity contribution in [3.8, 4) is 0 Å². The van der Waals surface area contributed by atoms with Gasteiger partial charge in [-0.05, 0) is 6.07 Å². The van der Waals surface area contributed by atoms with Gasteiger partial charge in [0.05, 0.1) is 17.2 Å². The molecule has 96 valence electrons. The van der Waals surface area contributed by atoms with Gasteiger partial charge in [0.25, 0.3) is 0 Å². The van der Waals surface area contributed by atoms with Crippen LogP contribution in [-0.2, 0) is 26.4 Å². The number of nitrogen functional groups attached to an aromatic ring is 1. The van der Waals surface area contributed by atoms with Gasteiger partial charge in [0.1, 0.15) is 15.7 Å². The fourth-order valence-electron chi connectivity index (χ4n) is 1.20. The van der Waals surface area contributed by atoms with E-state index in [0.29, 0.717) is 0 Å². The van der Waals surface area contributed by atoms with E-state index in [2.05, 4.69) is 0 Å². The summed E-state index contributed by atoms with van der Waals surface area (Å²) >= 11 is 0. The molecule has 0 aliphatic heterocycles. The van der Waals surface area contributed by atoms with Gasteiger partial charge in [0, 0.05) is 28.4 Å². The highest BCUT2D eigenvalue weighted by molar-refractivity contribution is 7.92. The first kappa shape index (κ1) is 14.1. The van der Waals surface area contributed by atoms with Gasteiger partial charge in [-0.15, -0.1) is 0 Å². The number of rotatable bonds is 5. The van der Waals surface area contributed by atoms with Crippen LogP contribution in [-0.4, -0.2) is 30.4 Å². The molecule has 1 aromatic carbocycles. The van der Waals surface area contributed by atoms with Crippen molar-refractivity contribution in [2.24, 2.45) is 0 Å². The molecule has 7 heteroatoms. The molecule has 0 aromatic heterocycles. The highest BCUT2D eigenvalue weighted by Gasteiger charge is 2.11. The molecule has 0 fully saturated rings. The first-order valence-corrected chi connectivity index (χ1v) is 8.40. The molecule has 0 aliphatic carbocycles. The molecule has 0 heterocycles. The van der Waals surface area contributed by atoms with Gasteiger partial charge in [-0.1, -0.05) is 12.1 Å². The summed E-state index contributed by atoms with van der Waals surface area (Å²) in [6.07, 6.45) is 1.07. The van der Waals surface area contributed by atoms with Crippen molar-refractivity contribution in [3.05, 3.63) is 29.6 Å². The van der Waals surface area contributed by atoms with Crippen LogP contribution in [0.2, 0.25) is 0 Å². The maximum Gasteiger partial charge on any atom is 0.150 e. The summed E-state index contributed by atoms with van der Waals surface area (Å²) in [6.45, 7) is 0. The quantitative estimate of drug-likeness (QED) is 0.805. The van der Waals surface area contributed by atoms with Crippen molar-refractivity contribution in [3.63, 3.8) is 0 Å². The molecular weight excluding hydrogens is 265 g/mol. The van der Waals surface area contributed by atoms with E-state index in [9.17, 15) is 17.0 Å². The van der Waals surface area contributed by atoms with Crippen LogP contribution in [0.1, 0.15) is 5.56 Å². The maximum absolute atomic E-state index is 13.5. The highest BCUT2D eigenvalue weighted by atomic mass is 32.2. The largest absolute Gasteiger partial charge is 0.396 e. The summed E-state index contributed by atoms with van der Waals surface area (Å²) in [5.74, 6) is -0.761. The number of benzene rings is 1. The summed E-state index contributed by atoms with van der Waals surface area (Å²) in [7, 11) is -4.55. The summed E-state index contributed by atoms with van der Waals surface area (Å²) in [4.78, 5) is 0. The molecule has 1 aromatic rings. The van der Waals surface area contributed by atoms with E-state index in [1.807, 2.05) is 0 Å². The van der Waals surface area contributed by atoms with Crippen LogP contribution < -0.4 is 5.73 Å². The number of hydrogen-bond acceptors (Lipinski definition) is 4. The smallest absolute Gasteiger partial charge is 0.150 e. The molecule has 0 spiro atoms. The van der Waals surface area contributed by atoms with Crippen molar-refractivity contribution in [1.82, 2.24) is 0 Å². The highest BCUT2D eigenvalue weighted by Crippen LogP contribution is 2.16. The Balaban J connectivity index is 2.66. The average Bonchev–Trinajstić information content (AvgIpc) is 2.21. The van der Waals surface area contributed by atoms with Gasteiger partial charge < -0.3 is 5.73 Å².